The first-order valence-electron chi connectivity index (χ1n) is 5.05. The summed E-state index contributed by atoms with van der Waals surface area (Å²) in [6.07, 6.45) is -0.837. The van der Waals surface area contributed by atoms with Crippen molar-refractivity contribution in [1.82, 2.24) is 4.98 Å². The van der Waals surface area contributed by atoms with Crippen LogP contribution in [0, 0.1) is 29.1 Å². The van der Waals surface area contributed by atoms with Crippen molar-refractivity contribution in [3.8, 4) is 0 Å². The van der Waals surface area contributed by atoms with Gasteiger partial charge in [0.05, 0.1) is 11.3 Å². The predicted molar refractivity (Wildman–Crippen MR) is 54.5 cm³/mol. The molecule has 0 amide bonds. The monoisotopic (exact) mass is 275 g/mol. The van der Waals surface area contributed by atoms with Crippen LogP contribution in [0.3, 0.4) is 0 Å². The fourth-order valence-corrected chi connectivity index (χ4v) is 1.55. The molecule has 0 aliphatic heterocycles. The molecule has 1 atom stereocenters. The van der Waals surface area contributed by atoms with E-state index in [0.717, 1.165) is 0 Å². The summed E-state index contributed by atoms with van der Waals surface area (Å²) in [5.41, 5.74) is -1.55. The summed E-state index contributed by atoms with van der Waals surface area (Å²) in [6.45, 7) is 0. The molecule has 2 aromatic rings. The Hall–Kier alpha value is -2.02. The molecule has 1 unspecified atom stereocenters. The Morgan fingerprint density at radius 2 is 1.37 bits per heavy atom. The molecule has 0 fully saturated rings. The fraction of sp³-hybridized carbons (Fsp3) is 0.0833. The Morgan fingerprint density at radius 3 is 1.84 bits per heavy atom. The molecule has 0 saturated heterocycles. The average Bonchev–Trinajstić information content (AvgIpc) is 2.44. The second kappa shape index (κ2) is 4.93. The molecule has 1 aromatic carbocycles. The number of aliphatic hydroxyl groups excluding tert-OH is 1. The van der Waals surface area contributed by atoms with Gasteiger partial charge in [-0.15, -0.1) is 0 Å². The van der Waals surface area contributed by atoms with Crippen LogP contribution in [-0.4, -0.2) is 10.1 Å². The second-order valence-electron chi connectivity index (χ2n) is 3.64. The van der Waals surface area contributed by atoms with Crippen LogP contribution < -0.4 is 0 Å². The highest BCUT2D eigenvalue weighted by Gasteiger charge is 2.30. The van der Waals surface area contributed by atoms with Gasteiger partial charge in [-0.2, -0.15) is 0 Å². The molecule has 2 nitrogen and oxygen atoms in total. The molecule has 19 heavy (non-hydrogen) atoms. The number of aromatic nitrogens is 1. The quantitative estimate of drug-likeness (QED) is 0.519. The van der Waals surface area contributed by atoms with Crippen molar-refractivity contribution in [2.45, 2.75) is 6.10 Å². The highest BCUT2D eigenvalue weighted by atomic mass is 19.2. The highest BCUT2D eigenvalue weighted by molar-refractivity contribution is 5.30. The van der Waals surface area contributed by atoms with Crippen molar-refractivity contribution >= 4 is 0 Å². The lowest BCUT2D eigenvalue weighted by Crippen LogP contribution is -2.13. The van der Waals surface area contributed by atoms with Gasteiger partial charge in [-0.25, -0.2) is 22.0 Å². The van der Waals surface area contributed by atoms with E-state index in [2.05, 4.69) is 4.98 Å². The molecule has 0 bridgehead atoms. The lowest BCUT2D eigenvalue weighted by Gasteiger charge is -2.13. The largest absolute Gasteiger partial charge is 0.382 e. The Kier molecular flexibility index (Phi) is 3.48. The third-order valence-electron chi connectivity index (χ3n) is 2.49. The van der Waals surface area contributed by atoms with Crippen molar-refractivity contribution in [3.63, 3.8) is 0 Å². The lowest BCUT2D eigenvalue weighted by atomic mass is 10.0. The van der Waals surface area contributed by atoms with E-state index >= 15 is 0 Å². The minimum atomic E-state index is -2.27. The van der Waals surface area contributed by atoms with Gasteiger partial charge in [0, 0.05) is 6.20 Å². The first kappa shape index (κ1) is 13.4. The fourth-order valence-electron chi connectivity index (χ4n) is 1.55. The van der Waals surface area contributed by atoms with Crippen molar-refractivity contribution in [3.05, 3.63) is 64.7 Å². The minimum Gasteiger partial charge on any atom is -0.382 e. The van der Waals surface area contributed by atoms with Crippen LogP contribution in [0.5, 0.6) is 0 Å². The standard InChI is InChI=1S/C12H6F5NO/c13-7-6(8(14)10(16)11(17)9(7)15)12(19)5-3-1-2-4-18-5/h1-4,12,19H. The van der Waals surface area contributed by atoms with E-state index in [0.29, 0.717) is 0 Å². The summed E-state index contributed by atoms with van der Waals surface area (Å²) in [7, 11) is 0. The van der Waals surface area contributed by atoms with Crippen LogP contribution in [0.2, 0.25) is 0 Å². The van der Waals surface area contributed by atoms with E-state index in [4.69, 9.17) is 0 Å². The van der Waals surface area contributed by atoms with Gasteiger partial charge in [0.15, 0.2) is 23.3 Å². The highest BCUT2D eigenvalue weighted by Crippen LogP contribution is 2.30. The summed E-state index contributed by atoms with van der Waals surface area (Å²) in [5, 5.41) is 9.70. The zero-order valence-corrected chi connectivity index (χ0v) is 9.17. The van der Waals surface area contributed by atoms with E-state index in [1.54, 1.807) is 0 Å². The summed E-state index contributed by atoms with van der Waals surface area (Å²) in [6, 6.07) is 4.06. The van der Waals surface area contributed by atoms with Gasteiger partial charge in [0.2, 0.25) is 5.82 Å². The second-order valence-corrected chi connectivity index (χ2v) is 3.64. The summed E-state index contributed by atoms with van der Waals surface area (Å²) >= 11 is 0. The molecule has 2 rings (SSSR count). The maximum Gasteiger partial charge on any atom is 0.200 e. The van der Waals surface area contributed by atoms with Crippen LogP contribution in [-0.2, 0) is 0 Å². The molecule has 1 N–H and O–H groups in total. The maximum atomic E-state index is 13.4. The number of hydrogen-bond donors (Lipinski definition) is 1. The average molecular weight is 275 g/mol. The molecule has 0 aliphatic carbocycles. The zero-order chi connectivity index (χ0) is 14.2. The minimum absolute atomic E-state index is 0.231. The van der Waals surface area contributed by atoms with Crippen molar-refractivity contribution in [2.75, 3.05) is 0 Å². The van der Waals surface area contributed by atoms with Crippen molar-refractivity contribution in [2.24, 2.45) is 0 Å². The molecule has 7 heteroatoms. The van der Waals surface area contributed by atoms with Crippen molar-refractivity contribution < 1.29 is 27.1 Å². The molecule has 1 aromatic heterocycles. The van der Waals surface area contributed by atoms with Gasteiger partial charge in [0.25, 0.3) is 0 Å². The summed E-state index contributed by atoms with van der Waals surface area (Å²) in [5.74, 6) is -10.6. The van der Waals surface area contributed by atoms with E-state index in [-0.39, 0.29) is 5.69 Å². The summed E-state index contributed by atoms with van der Waals surface area (Å²) in [4.78, 5) is 3.60. The number of aliphatic hydroxyl groups is 1. The third kappa shape index (κ3) is 2.17. The van der Waals surface area contributed by atoms with Crippen LogP contribution in [0.4, 0.5) is 22.0 Å². The van der Waals surface area contributed by atoms with Gasteiger partial charge < -0.3 is 5.11 Å². The molecule has 0 saturated carbocycles. The molecule has 0 radical (unpaired) electrons. The number of pyridine rings is 1. The summed E-state index contributed by atoms with van der Waals surface area (Å²) < 4.78 is 65.7. The first-order valence-corrected chi connectivity index (χ1v) is 5.05. The van der Waals surface area contributed by atoms with Gasteiger partial charge in [-0.1, -0.05) is 6.07 Å². The van der Waals surface area contributed by atoms with E-state index in [1.165, 1.54) is 24.4 Å². The Balaban J connectivity index is 2.64. The molecule has 0 aliphatic rings. The number of halogens is 5. The third-order valence-corrected chi connectivity index (χ3v) is 2.49. The molecule has 100 valence electrons. The van der Waals surface area contributed by atoms with E-state index in [1.807, 2.05) is 0 Å². The molecule has 1 heterocycles. The lowest BCUT2D eigenvalue weighted by molar-refractivity contribution is 0.198. The van der Waals surface area contributed by atoms with Crippen LogP contribution in [0.15, 0.2) is 24.4 Å². The first-order chi connectivity index (χ1) is 8.95. The Morgan fingerprint density at radius 1 is 0.842 bits per heavy atom. The maximum absolute atomic E-state index is 13.4. The van der Waals surface area contributed by atoms with Gasteiger partial charge in [-0.3, -0.25) is 4.98 Å². The molecular formula is C12H6F5NO. The van der Waals surface area contributed by atoms with Gasteiger partial charge in [-0.05, 0) is 12.1 Å². The van der Waals surface area contributed by atoms with Gasteiger partial charge >= 0.3 is 0 Å². The molecule has 0 spiro atoms. The smallest absolute Gasteiger partial charge is 0.200 e. The predicted octanol–water partition coefficient (Wildman–Crippen LogP) is 2.86. The number of hydrogen-bond acceptors (Lipinski definition) is 2. The topological polar surface area (TPSA) is 33.1 Å². The normalized spacial score (nSPS) is 12.5. The molecular weight excluding hydrogens is 269 g/mol. The van der Waals surface area contributed by atoms with Crippen LogP contribution in [0.25, 0.3) is 0 Å². The van der Waals surface area contributed by atoms with Gasteiger partial charge in [0.1, 0.15) is 6.10 Å². The van der Waals surface area contributed by atoms with Crippen LogP contribution >= 0.6 is 0 Å². The van der Waals surface area contributed by atoms with Crippen molar-refractivity contribution in [1.29, 1.82) is 0 Å². The zero-order valence-electron chi connectivity index (χ0n) is 9.17. The number of benzene rings is 1. The number of rotatable bonds is 2. The SMILES string of the molecule is OC(c1ccccn1)c1c(F)c(F)c(F)c(F)c1F. The van der Waals surface area contributed by atoms with E-state index in [9.17, 15) is 27.1 Å². The Labute approximate surface area is 104 Å². The number of nitrogens with zero attached hydrogens (tertiary/aromatic N) is 1. The van der Waals surface area contributed by atoms with Crippen LogP contribution in [0.1, 0.15) is 17.4 Å². The van der Waals surface area contributed by atoms with E-state index < -0.39 is 40.8 Å². The Bertz CT molecular complexity index is 588.